The molecule has 1 aliphatic heterocycles. The van der Waals surface area contributed by atoms with E-state index in [4.69, 9.17) is 0 Å². The van der Waals surface area contributed by atoms with Crippen LogP contribution in [0.3, 0.4) is 0 Å². The Kier molecular flexibility index (Phi) is 5.61. The number of para-hydroxylation sites is 1. The fourth-order valence-electron chi connectivity index (χ4n) is 2.61. The standard InChI is InChI=1S/C14H19FN2O5S2/c1-23(19,20)17(11-7-9-24(21,22)10-11)8-6-14(18)16-13-5-3-2-4-12(13)15/h2-5,11H,6-10H2,1H3,(H,16,18). The topological polar surface area (TPSA) is 101 Å². The van der Waals surface area contributed by atoms with Gasteiger partial charge in [-0.1, -0.05) is 12.1 Å². The first-order chi connectivity index (χ1) is 11.1. The molecule has 24 heavy (non-hydrogen) atoms. The molecule has 7 nitrogen and oxygen atoms in total. The average molecular weight is 378 g/mol. The van der Waals surface area contributed by atoms with E-state index in [1.807, 2.05) is 0 Å². The number of carbonyl (C=O) groups excluding carboxylic acids is 1. The highest BCUT2D eigenvalue weighted by Gasteiger charge is 2.36. The molecule has 0 aliphatic carbocycles. The van der Waals surface area contributed by atoms with Gasteiger partial charge in [-0.2, -0.15) is 4.31 Å². The van der Waals surface area contributed by atoms with E-state index in [9.17, 15) is 26.0 Å². The van der Waals surface area contributed by atoms with Crippen LogP contribution in [0.25, 0.3) is 0 Å². The van der Waals surface area contributed by atoms with E-state index in [1.54, 1.807) is 6.07 Å². The van der Waals surface area contributed by atoms with E-state index in [0.717, 1.165) is 10.6 Å². The summed E-state index contributed by atoms with van der Waals surface area (Å²) in [5.74, 6) is -1.44. The summed E-state index contributed by atoms with van der Waals surface area (Å²) in [4.78, 5) is 11.9. The van der Waals surface area contributed by atoms with Crippen LogP contribution in [0.4, 0.5) is 10.1 Å². The molecular formula is C14H19FN2O5S2. The summed E-state index contributed by atoms with van der Waals surface area (Å²) in [5.41, 5.74) is 0.0110. The normalized spacial score (nSPS) is 20.2. The Bertz CT molecular complexity index is 823. The van der Waals surface area contributed by atoms with Crippen LogP contribution in [0.15, 0.2) is 24.3 Å². The van der Waals surface area contributed by atoms with Crippen molar-refractivity contribution in [2.24, 2.45) is 0 Å². The summed E-state index contributed by atoms with van der Waals surface area (Å²) in [5, 5.41) is 2.37. The largest absolute Gasteiger partial charge is 0.324 e. The van der Waals surface area contributed by atoms with Gasteiger partial charge in [0.1, 0.15) is 5.82 Å². The SMILES string of the molecule is CS(=O)(=O)N(CCC(=O)Nc1ccccc1F)C1CCS(=O)(=O)C1. The number of sulfone groups is 1. The van der Waals surface area contributed by atoms with E-state index in [2.05, 4.69) is 5.32 Å². The lowest BCUT2D eigenvalue weighted by Crippen LogP contribution is -2.42. The first-order valence-corrected chi connectivity index (χ1v) is 11.0. The Morgan fingerprint density at radius 2 is 2.04 bits per heavy atom. The van der Waals surface area contributed by atoms with E-state index < -0.39 is 37.6 Å². The molecule has 1 aromatic carbocycles. The van der Waals surface area contributed by atoms with Gasteiger partial charge in [-0.3, -0.25) is 4.79 Å². The molecule has 0 bridgehead atoms. The monoisotopic (exact) mass is 378 g/mol. The van der Waals surface area contributed by atoms with Crippen molar-refractivity contribution in [3.05, 3.63) is 30.1 Å². The van der Waals surface area contributed by atoms with Gasteiger partial charge in [0.2, 0.25) is 15.9 Å². The highest BCUT2D eigenvalue weighted by Crippen LogP contribution is 2.21. The lowest BCUT2D eigenvalue weighted by atomic mass is 10.2. The number of hydrogen-bond donors (Lipinski definition) is 1. The van der Waals surface area contributed by atoms with E-state index in [1.165, 1.54) is 18.2 Å². The number of sulfonamides is 1. The Balaban J connectivity index is 2.01. The van der Waals surface area contributed by atoms with E-state index in [0.29, 0.717) is 0 Å². The zero-order valence-corrected chi connectivity index (χ0v) is 14.7. The summed E-state index contributed by atoms with van der Waals surface area (Å²) in [6.45, 7) is -0.153. The van der Waals surface area contributed by atoms with Gasteiger partial charge in [0, 0.05) is 19.0 Å². The fourth-order valence-corrected chi connectivity index (χ4v) is 5.58. The third kappa shape index (κ3) is 4.99. The van der Waals surface area contributed by atoms with Crippen LogP contribution in [0, 0.1) is 5.82 Å². The molecule has 0 radical (unpaired) electrons. The van der Waals surface area contributed by atoms with Gasteiger partial charge in [-0.25, -0.2) is 21.2 Å². The molecule has 1 unspecified atom stereocenters. The number of halogens is 1. The maximum absolute atomic E-state index is 13.5. The van der Waals surface area contributed by atoms with Crippen molar-refractivity contribution in [1.82, 2.24) is 4.31 Å². The predicted molar refractivity (Wildman–Crippen MR) is 88.3 cm³/mol. The second-order valence-electron chi connectivity index (χ2n) is 5.71. The van der Waals surface area contributed by atoms with Crippen molar-refractivity contribution in [2.45, 2.75) is 18.9 Å². The summed E-state index contributed by atoms with van der Waals surface area (Å²) in [6.07, 6.45) is 0.995. The van der Waals surface area contributed by atoms with Crippen LogP contribution in [-0.4, -0.2) is 57.4 Å². The maximum Gasteiger partial charge on any atom is 0.225 e. The molecular weight excluding hydrogens is 359 g/mol. The molecule has 0 saturated carbocycles. The minimum Gasteiger partial charge on any atom is -0.324 e. The second kappa shape index (κ2) is 7.16. The summed E-state index contributed by atoms with van der Waals surface area (Å²) in [6, 6.07) is 4.97. The predicted octanol–water partition coefficient (Wildman–Crippen LogP) is 0.603. The quantitative estimate of drug-likeness (QED) is 0.781. The lowest BCUT2D eigenvalue weighted by molar-refractivity contribution is -0.116. The van der Waals surface area contributed by atoms with Crippen molar-refractivity contribution < 1.29 is 26.0 Å². The minimum absolute atomic E-state index is 0.0110. The van der Waals surface area contributed by atoms with Crippen molar-refractivity contribution in [3.63, 3.8) is 0 Å². The van der Waals surface area contributed by atoms with E-state index >= 15 is 0 Å². The van der Waals surface area contributed by atoms with Gasteiger partial charge in [-0.15, -0.1) is 0 Å². The van der Waals surface area contributed by atoms with Crippen molar-refractivity contribution in [3.8, 4) is 0 Å². The number of benzene rings is 1. The first kappa shape index (κ1) is 18.8. The zero-order chi connectivity index (χ0) is 18.0. The lowest BCUT2D eigenvalue weighted by Gasteiger charge is -2.25. The molecule has 1 fully saturated rings. The molecule has 10 heteroatoms. The molecule has 2 rings (SSSR count). The smallest absolute Gasteiger partial charge is 0.225 e. The van der Waals surface area contributed by atoms with Gasteiger partial charge < -0.3 is 5.32 Å². The molecule has 0 aromatic heterocycles. The first-order valence-electron chi connectivity index (χ1n) is 7.30. The minimum atomic E-state index is -3.66. The molecule has 0 spiro atoms. The number of nitrogens with zero attached hydrogens (tertiary/aromatic N) is 1. The Morgan fingerprint density at radius 1 is 1.38 bits per heavy atom. The number of amides is 1. The maximum atomic E-state index is 13.5. The summed E-state index contributed by atoms with van der Waals surface area (Å²) in [7, 11) is -6.91. The molecule has 1 aliphatic rings. The van der Waals surface area contributed by atoms with Gasteiger partial charge in [0.25, 0.3) is 0 Å². The molecule has 1 amide bonds. The van der Waals surface area contributed by atoms with Crippen LogP contribution in [0.5, 0.6) is 0 Å². The highest BCUT2D eigenvalue weighted by atomic mass is 32.2. The number of nitrogens with one attached hydrogen (secondary N) is 1. The Hall–Kier alpha value is -1.52. The third-order valence-electron chi connectivity index (χ3n) is 3.75. The van der Waals surface area contributed by atoms with Crippen LogP contribution < -0.4 is 5.32 Å². The van der Waals surface area contributed by atoms with Crippen molar-refractivity contribution in [2.75, 3.05) is 29.6 Å². The van der Waals surface area contributed by atoms with Crippen LogP contribution in [0.1, 0.15) is 12.8 Å². The van der Waals surface area contributed by atoms with Crippen LogP contribution in [-0.2, 0) is 24.7 Å². The van der Waals surface area contributed by atoms with Crippen LogP contribution >= 0.6 is 0 Å². The molecule has 1 N–H and O–H groups in total. The number of carbonyl (C=O) groups is 1. The number of hydrogen-bond acceptors (Lipinski definition) is 5. The Morgan fingerprint density at radius 3 is 2.58 bits per heavy atom. The van der Waals surface area contributed by atoms with Gasteiger partial charge in [0.05, 0.1) is 23.4 Å². The molecule has 1 atom stereocenters. The molecule has 134 valence electrons. The molecule has 1 heterocycles. The number of anilines is 1. The summed E-state index contributed by atoms with van der Waals surface area (Å²) >= 11 is 0. The molecule has 1 aromatic rings. The Labute approximate surface area is 140 Å². The van der Waals surface area contributed by atoms with Gasteiger partial charge in [0.15, 0.2) is 9.84 Å². The highest BCUT2D eigenvalue weighted by molar-refractivity contribution is 7.92. The van der Waals surface area contributed by atoms with E-state index in [-0.39, 0.29) is 36.6 Å². The van der Waals surface area contributed by atoms with Crippen molar-refractivity contribution in [1.29, 1.82) is 0 Å². The van der Waals surface area contributed by atoms with Crippen molar-refractivity contribution >= 4 is 31.5 Å². The van der Waals surface area contributed by atoms with Crippen LogP contribution in [0.2, 0.25) is 0 Å². The fraction of sp³-hybridized carbons (Fsp3) is 0.500. The van der Waals surface area contributed by atoms with Gasteiger partial charge >= 0.3 is 0 Å². The zero-order valence-electron chi connectivity index (χ0n) is 13.1. The second-order valence-corrected chi connectivity index (χ2v) is 9.87. The molecule has 1 saturated heterocycles. The summed E-state index contributed by atoms with van der Waals surface area (Å²) < 4.78 is 61.4. The van der Waals surface area contributed by atoms with Gasteiger partial charge in [-0.05, 0) is 18.6 Å². The number of rotatable bonds is 6. The third-order valence-corrected chi connectivity index (χ3v) is 6.83. The average Bonchev–Trinajstić information content (AvgIpc) is 2.80.